The van der Waals surface area contributed by atoms with Crippen molar-refractivity contribution in [2.24, 2.45) is 0 Å². The predicted molar refractivity (Wildman–Crippen MR) is 111 cm³/mol. The van der Waals surface area contributed by atoms with Gasteiger partial charge in [-0.1, -0.05) is 42.5 Å². The molecule has 0 radical (unpaired) electrons. The first-order chi connectivity index (χ1) is 13.6. The molecular weight excluding hydrogens is 372 g/mol. The number of rotatable bonds is 5. The van der Waals surface area contributed by atoms with E-state index in [1.54, 1.807) is 49.6 Å². The third-order valence-electron chi connectivity index (χ3n) is 4.36. The summed E-state index contributed by atoms with van der Waals surface area (Å²) in [5.41, 5.74) is 2.18. The zero-order valence-corrected chi connectivity index (χ0v) is 16.0. The van der Waals surface area contributed by atoms with Crippen LogP contribution < -0.4 is 4.74 Å². The summed E-state index contributed by atoms with van der Waals surface area (Å²) in [7, 11) is -2.22. The summed E-state index contributed by atoms with van der Waals surface area (Å²) >= 11 is 0. The number of fused-ring (bicyclic) bond motifs is 1. The highest BCUT2D eigenvalue weighted by Crippen LogP contribution is 2.30. The molecule has 0 bridgehead atoms. The van der Waals surface area contributed by atoms with Crippen molar-refractivity contribution in [2.75, 3.05) is 7.11 Å². The molecule has 4 rings (SSSR count). The number of aromatic amines is 1. The Morgan fingerprint density at radius 1 is 0.964 bits per heavy atom. The predicted octanol–water partition coefficient (Wildman–Crippen LogP) is 4.54. The van der Waals surface area contributed by atoms with Gasteiger partial charge in [-0.15, -0.1) is 0 Å². The minimum absolute atomic E-state index is 0.100. The molecule has 3 aromatic carbocycles. The fourth-order valence-corrected chi connectivity index (χ4v) is 4.36. The first kappa shape index (κ1) is 18.0. The van der Waals surface area contributed by atoms with Gasteiger partial charge in [0.1, 0.15) is 16.5 Å². The number of nitrogens with zero attached hydrogens (tertiary/aromatic N) is 1. The number of imidazole rings is 1. The van der Waals surface area contributed by atoms with Crippen molar-refractivity contribution < 1.29 is 13.2 Å². The van der Waals surface area contributed by atoms with Crippen LogP contribution in [0.5, 0.6) is 5.75 Å². The molecule has 28 heavy (non-hydrogen) atoms. The van der Waals surface area contributed by atoms with Gasteiger partial charge in [0.25, 0.3) is 0 Å². The minimum atomic E-state index is -3.79. The molecule has 0 fully saturated rings. The number of aromatic nitrogens is 2. The van der Waals surface area contributed by atoms with Crippen molar-refractivity contribution in [2.45, 2.75) is 4.90 Å². The van der Waals surface area contributed by atoms with Crippen LogP contribution >= 0.6 is 0 Å². The van der Waals surface area contributed by atoms with E-state index >= 15 is 0 Å². The van der Waals surface area contributed by atoms with Gasteiger partial charge in [-0.3, -0.25) is 0 Å². The number of methoxy groups -OCH3 is 1. The van der Waals surface area contributed by atoms with Crippen LogP contribution in [0.25, 0.3) is 22.0 Å². The second-order valence-electron chi connectivity index (χ2n) is 6.20. The third-order valence-corrected chi connectivity index (χ3v) is 6.14. The smallest absolute Gasteiger partial charge is 0.210 e. The van der Waals surface area contributed by atoms with Crippen molar-refractivity contribution in [1.29, 1.82) is 0 Å². The Hall–Kier alpha value is -3.38. The van der Waals surface area contributed by atoms with Crippen molar-refractivity contribution in [1.82, 2.24) is 9.97 Å². The minimum Gasteiger partial charge on any atom is -0.497 e. The molecule has 0 unspecified atom stereocenters. The maximum atomic E-state index is 13.4. The number of hydrogen-bond donors (Lipinski definition) is 1. The van der Waals surface area contributed by atoms with Gasteiger partial charge < -0.3 is 9.72 Å². The van der Waals surface area contributed by atoms with E-state index in [0.29, 0.717) is 22.7 Å². The first-order valence-corrected chi connectivity index (χ1v) is 10.2. The van der Waals surface area contributed by atoms with Gasteiger partial charge >= 0.3 is 0 Å². The highest BCUT2D eigenvalue weighted by molar-refractivity contribution is 8.00. The standard InChI is InChI=1S/C22H18N2O3S/c1-27-17-9-7-8-16(14-17)15-21(28(25,26)18-10-3-2-4-11-18)22-23-19-12-5-6-13-20(19)24-22/h2-15H,1H3,(H,23,24)/b21-15+. The van der Waals surface area contributed by atoms with Crippen molar-refractivity contribution in [3.05, 3.63) is 90.3 Å². The van der Waals surface area contributed by atoms with Crippen LogP contribution in [0.15, 0.2) is 83.8 Å². The lowest BCUT2D eigenvalue weighted by molar-refractivity contribution is 0.414. The van der Waals surface area contributed by atoms with Gasteiger partial charge in [0.05, 0.1) is 23.0 Å². The molecule has 0 amide bonds. The normalized spacial score (nSPS) is 12.2. The number of sulfone groups is 1. The quantitative estimate of drug-likeness (QED) is 0.543. The van der Waals surface area contributed by atoms with Crippen LogP contribution in [-0.2, 0) is 9.84 Å². The Balaban J connectivity index is 1.94. The largest absolute Gasteiger partial charge is 0.497 e. The van der Waals surface area contributed by atoms with Gasteiger partial charge in [-0.05, 0) is 48.0 Å². The average Bonchev–Trinajstić information content (AvgIpc) is 3.16. The summed E-state index contributed by atoms with van der Waals surface area (Å²) in [4.78, 5) is 7.95. The van der Waals surface area contributed by atoms with Crippen LogP contribution in [-0.4, -0.2) is 25.5 Å². The summed E-state index contributed by atoms with van der Waals surface area (Å²) in [6, 6.07) is 23.0. The Morgan fingerprint density at radius 3 is 2.46 bits per heavy atom. The molecule has 0 aliphatic rings. The number of para-hydroxylation sites is 2. The second kappa shape index (κ2) is 7.32. The number of nitrogens with one attached hydrogen (secondary N) is 1. The average molecular weight is 390 g/mol. The molecule has 0 aliphatic carbocycles. The highest BCUT2D eigenvalue weighted by atomic mass is 32.2. The van der Waals surface area contributed by atoms with E-state index < -0.39 is 9.84 Å². The van der Waals surface area contributed by atoms with Crippen LogP contribution in [0.2, 0.25) is 0 Å². The summed E-state index contributed by atoms with van der Waals surface area (Å²) in [6.07, 6.45) is 1.61. The highest BCUT2D eigenvalue weighted by Gasteiger charge is 2.25. The number of benzene rings is 3. The zero-order chi connectivity index (χ0) is 19.6. The Morgan fingerprint density at radius 2 is 1.71 bits per heavy atom. The molecule has 5 nitrogen and oxygen atoms in total. The molecule has 1 N–H and O–H groups in total. The number of ether oxygens (including phenoxy) is 1. The van der Waals surface area contributed by atoms with Gasteiger partial charge in [-0.25, -0.2) is 13.4 Å². The lowest BCUT2D eigenvalue weighted by Gasteiger charge is -2.08. The monoisotopic (exact) mass is 390 g/mol. The number of H-pyrrole nitrogens is 1. The van der Waals surface area contributed by atoms with Crippen LogP contribution in [0.4, 0.5) is 0 Å². The Labute approximate surface area is 163 Å². The summed E-state index contributed by atoms with van der Waals surface area (Å²) < 4.78 is 32.1. The van der Waals surface area contributed by atoms with Crippen LogP contribution in [0, 0.1) is 0 Å². The molecule has 140 valence electrons. The summed E-state index contributed by atoms with van der Waals surface area (Å²) in [5.74, 6) is 0.947. The lowest BCUT2D eigenvalue weighted by atomic mass is 10.2. The van der Waals surface area contributed by atoms with E-state index in [4.69, 9.17) is 4.74 Å². The van der Waals surface area contributed by atoms with Gasteiger partial charge in [-0.2, -0.15) is 0 Å². The molecule has 1 heterocycles. The van der Waals surface area contributed by atoms with E-state index in [9.17, 15) is 8.42 Å². The zero-order valence-electron chi connectivity index (χ0n) is 15.2. The molecule has 6 heteroatoms. The van der Waals surface area contributed by atoms with Crippen molar-refractivity contribution in [3.63, 3.8) is 0 Å². The van der Waals surface area contributed by atoms with Crippen LogP contribution in [0.1, 0.15) is 11.4 Å². The topological polar surface area (TPSA) is 72.0 Å². The van der Waals surface area contributed by atoms with E-state index in [1.165, 1.54) is 0 Å². The Bertz CT molecular complexity index is 1230. The molecule has 0 saturated heterocycles. The van der Waals surface area contributed by atoms with E-state index in [1.807, 2.05) is 42.5 Å². The first-order valence-electron chi connectivity index (χ1n) is 8.69. The maximum absolute atomic E-state index is 13.4. The van der Waals surface area contributed by atoms with Gasteiger partial charge in [0.2, 0.25) is 9.84 Å². The second-order valence-corrected chi connectivity index (χ2v) is 8.12. The van der Waals surface area contributed by atoms with E-state index in [-0.39, 0.29) is 9.80 Å². The molecule has 0 atom stereocenters. The van der Waals surface area contributed by atoms with E-state index in [0.717, 1.165) is 5.52 Å². The molecule has 1 aromatic heterocycles. The molecule has 0 saturated carbocycles. The third kappa shape index (κ3) is 3.42. The van der Waals surface area contributed by atoms with Gasteiger partial charge in [0, 0.05) is 0 Å². The van der Waals surface area contributed by atoms with Crippen molar-refractivity contribution in [3.8, 4) is 5.75 Å². The summed E-state index contributed by atoms with van der Waals surface area (Å²) in [6.45, 7) is 0. The maximum Gasteiger partial charge on any atom is 0.210 e. The molecule has 0 aliphatic heterocycles. The molecular formula is C22H18N2O3S. The van der Waals surface area contributed by atoms with Gasteiger partial charge in [0.15, 0.2) is 0 Å². The Kier molecular flexibility index (Phi) is 4.71. The fourth-order valence-electron chi connectivity index (χ4n) is 2.95. The fraction of sp³-hybridized carbons (Fsp3) is 0.0455. The van der Waals surface area contributed by atoms with E-state index in [2.05, 4.69) is 9.97 Å². The number of hydrogen-bond acceptors (Lipinski definition) is 4. The summed E-state index contributed by atoms with van der Waals surface area (Å²) in [5, 5.41) is 0. The van der Waals surface area contributed by atoms with Crippen molar-refractivity contribution >= 4 is 31.9 Å². The SMILES string of the molecule is COc1cccc(/C=C(\c2nc3ccccc3[nH]2)S(=O)(=O)c2ccccc2)c1. The molecule has 4 aromatic rings. The van der Waals surface area contributed by atoms with Crippen LogP contribution in [0.3, 0.4) is 0 Å². The molecule has 0 spiro atoms. The lowest BCUT2D eigenvalue weighted by Crippen LogP contribution is -2.05.